The molecule has 4 nitrogen and oxygen atoms in total. The van der Waals surface area contributed by atoms with E-state index in [0.29, 0.717) is 6.54 Å². The van der Waals surface area contributed by atoms with Crippen molar-refractivity contribution in [2.24, 2.45) is 0 Å². The molecule has 0 saturated carbocycles. The van der Waals surface area contributed by atoms with E-state index < -0.39 is 0 Å². The van der Waals surface area contributed by atoms with Crippen LogP contribution in [0.25, 0.3) is 0 Å². The van der Waals surface area contributed by atoms with Crippen molar-refractivity contribution in [2.75, 3.05) is 20.1 Å². The lowest BCUT2D eigenvalue weighted by atomic mass is 9.82. The number of aromatic nitrogens is 1. The Hall–Kier alpha value is -1.42. The molecule has 1 amide bonds. The molecule has 0 atom stereocenters. The van der Waals surface area contributed by atoms with Gasteiger partial charge in [0, 0.05) is 39.9 Å². The van der Waals surface area contributed by atoms with Gasteiger partial charge in [0.25, 0.3) is 0 Å². The fourth-order valence-corrected chi connectivity index (χ4v) is 2.48. The monoisotopic (exact) mass is 277 g/mol. The van der Waals surface area contributed by atoms with Crippen molar-refractivity contribution >= 4 is 5.91 Å². The zero-order valence-corrected chi connectivity index (χ0v) is 13.0. The van der Waals surface area contributed by atoms with Crippen molar-refractivity contribution in [2.45, 2.75) is 45.6 Å². The van der Waals surface area contributed by atoms with Crippen molar-refractivity contribution in [3.8, 4) is 0 Å². The van der Waals surface area contributed by atoms with Crippen LogP contribution in [0.2, 0.25) is 0 Å². The predicted molar refractivity (Wildman–Crippen MR) is 82.7 cm³/mol. The molecule has 0 aliphatic carbocycles. The number of carbonyl (C=O) groups is 1. The molecule has 2 heterocycles. The number of fused-ring (bicyclic) bond motifs is 1. The number of nitrogens with zero attached hydrogens (tertiary/aromatic N) is 2. The van der Waals surface area contributed by atoms with E-state index in [0.717, 1.165) is 25.9 Å². The van der Waals surface area contributed by atoms with Gasteiger partial charge in [-0.05, 0) is 23.0 Å². The van der Waals surface area contributed by atoms with E-state index in [1.165, 1.54) is 16.8 Å². The second kappa shape index (κ2) is 5.92. The third kappa shape index (κ3) is 3.18. The van der Waals surface area contributed by atoms with Gasteiger partial charge in [0.2, 0.25) is 5.91 Å². The topological polar surface area (TPSA) is 45.2 Å². The lowest BCUT2D eigenvalue weighted by molar-refractivity contribution is -0.121. The highest BCUT2D eigenvalue weighted by molar-refractivity contribution is 5.77. The average Bonchev–Trinajstić information content (AvgIpc) is 2.46. The lowest BCUT2D eigenvalue weighted by Gasteiger charge is -2.30. The molecule has 1 aromatic rings. The third-order valence-electron chi connectivity index (χ3n) is 4.43. The van der Waals surface area contributed by atoms with Crippen LogP contribution in [0.5, 0.6) is 0 Å². The maximum absolute atomic E-state index is 11.5. The van der Waals surface area contributed by atoms with Crippen LogP contribution in [0.4, 0.5) is 0 Å². The van der Waals surface area contributed by atoms with E-state index in [2.05, 4.69) is 42.0 Å². The van der Waals surface area contributed by atoms with Crippen molar-refractivity contribution < 1.29 is 6.22 Å². The molecule has 0 bridgehead atoms. The van der Waals surface area contributed by atoms with Gasteiger partial charge in [0.15, 0.2) is 0 Å². The summed E-state index contributed by atoms with van der Waals surface area (Å²) in [6.07, 6.45) is 4.05. The van der Waals surface area contributed by atoms with Crippen molar-refractivity contribution in [1.82, 2.24) is 15.2 Å². The first-order chi connectivity index (χ1) is 9.46. The van der Waals surface area contributed by atoms with Gasteiger partial charge in [-0.1, -0.05) is 26.8 Å². The van der Waals surface area contributed by atoms with Gasteiger partial charge in [-0.3, -0.25) is 14.7 Å². The normalized spacial score (nSPS) is 15.8. The summed E-state index contributed by atoms with van der Waals surface area (Å²) in [5.41, 5.74) is 3.92. The Kier molecular flexibility index (Phi) is 4.43. The Bertz CT molecular complexity index is 502. The first-order valence-electron chi connectivity index (χ1n) is 7.37. The third-order valence-corrected chi connectivity index (χ3v) is 4.43. The molecule has 0 unspecified atom stereocenters. The summed E-state index contributed by atoms with van der Waals surface area (Å²) < 4.78 is 0. The molecule has 0 fully saturated rings. The summed E-state index contributed by atoms with van der Waals surface area (Å²) in [5, 5.41) is 2.68. The molecule has 0 aromatic carbocycles. The maximum atomic E-state index is 11.5. The van der Waals surface area contributed by atoms with Crippen LogP contribution in [-0.2, 0) is 23.2 Å². The first kappa shape index (κ1) is 15.0. The zero-order chi connectivity index (χ0) is 14.8. The number of hydrogen-bond donors (Lipinski definition) is 1. The predicted octanol–water partition coefficient (Wildman–Crippen LogP) is 2.12. The van der Waals surface area contributed by atoms with E-state index >= 15 is 0 Å². The number of carbonyl (C=O) groups excluding carboxylic acids is 1. The number of hydrogen-bond acceptors (Lipinski definition) is 3. The summed E-state index contributed by atoms with van der Waals surface area (Å²) in [7, 11) is 1.68. The second-order valence-electron chi connectivity index (χ2n) is 6.20. The van der Waals surface area contributed by atoms with Gasteiger partial charge in [-0.15, -0.1) is 0 Å². The Morgan fingerprint density at radius 1 is 1.55 bits per heavy atom. The maximum Gasteiger partial charge on any atom is 0.233 e. The quantitative estimate of drug-likeness (QED) is 0.917. The summed E-state index contributed by atoms with van der Waals surface area (Å²) in [4.78, 5) is 18.3. The zero-order valence-electron chi connectivity index (χ0n) is 13.0. The average molecular weight is 277 g/mol. The minimum absolute atomic E-state index is 0. The lowest BCUT2D eigenvalue weighted by Crippen LogP contribution is -2.39. The Labute approximate surface area is 123 Å². The van der Waals surface area contributed by atoms with Gasteiger partial charge in [-0.2, -0.15) is 0 Å². The molecule has 1 aliphatic rings. The van der Waals surface area contributed by atoms with E-state index in [-0.39, 0.29) is 12.7 Å². The first-order valence-corrected chi connectivity index (χ1v) is 7.37. The summed E-state index contributed by atoms with van der Waals surface area (Å²) in [5.74, 6) is 0.0754. The molecular weight excluding hydrogens is 250 g/mol. The number of amides is 1. The molecule has 0 saturated heterocycles. The van der Waals surface area contributed by atoms with Crippen LogP contribution >= 0.6 is 0 Å². The second-order valence-corrected chi connectivity index (χ2v) is 6.20. The van der Waals surface area contributed by atoms with Gasteiger partial charge in [0.1, 0.15) is 0 Å². The Morgan fingerprint density at radius 2 is 2.30 bits per heavy atom. The largest absolute Gasteiger partial charge is 0.358 e. The number of pyridine rings is 1. The summed E-state index contributed by atoms with van der Waals surface area (Å²) in [6, 6.07) is 2.28. The highest BCUT2D eigenvalue weighted by Crippen LogP contribution is 2.28. The van der Waals surface area contributed by atoms with Crippen molar-refractivity contribution in [1.29, 1.82) is 0 Å². The molecule has 0 radical (unpaired) electrons. The van der Waals surface area contributed by atoms with Gasteiger partial charge in [0.05, 0.1) is 6.54 Å². The smallest absolute Gasteiger partial charge is 0.233 e. The van der Waals surface area contributed by atoms with Crippen molar-refractivity contribution in [3.05, 3.63) is 29.1 Å². The van der Waals surface area contributed by atoms with Gasteiger partial charge >= 0.3 is 0 Å². The number of nitrogens with one attached hydrogen (secondary N) is 1. The van der Waals surface area contributed by atoms with Crippen LogP contribution < -0.4 is 5.32 Å². The van der Waals surface area contributed by atoms with E-state index in [1.54, 1.807) is 7.05 Å². The van der Waals surface area contributed by atoms with Crippen LogP contribution in [0, 0.1) is 0 Å². The number of likely N-dealkylation sites (N-methyl/N-ethyl adjacent to an activating group) is 1. The standard InChI is InChI=1S/C16H25N3O.H2/c1-5-16(2,3)13-8-12-10-19(11-15(20)17-4)7-6-14(12)18-9-13;/h8-9H,5-7,10-11H2,1-4H3,(H,17,20);1H. The Morgan fingerprint density at radius 3 is 2.95 bits per heavy atom. The van der Waals surface area contributed by atoms with E-state index in [1.807, 2.05) is 6.20 Å². The fourth-order valence-electron chi connectivity index (χ4n) is 2.48. The van der Waals surface area contributed by atoms with Crippen molar-refractivity contribution in [3.63, 3.8) is 0 Å². The fraction of sp³-hybridized carbons (Fsp3) is 0.625. The van der Waals surface area contributed by atoms with Gasteiger partial charge in [-0.25, -0.2) is 0 Å². The minimum atomic E-state index is 0. The summed E-state index contributed by atoms with van der Waals surface area (Å²) in [6.45, 7) is 8.91. The molecular formula is C16H27N3O. The minimum Gasteiger partial charge on any atom is -0.358 e. The SMILES string of the molecule is CCC(C)(C)c1cnc2c(c1)CN(CC(=O)NC)CC2.[HH]. The molecule has 1 N–H and O–H groups in total. The Balaban J connectivity index is 0.00000220. The molecule has 2 rings (SSSR count). The molecule has 1 aliphatic heterocycles. The van der Waals surface area contributed by atoms with Gasteiger partial charge < -0.3 is 5.32 Å². The number of rotatable bonds is 4. The van der Waals surface area contributed by atoms with Crippen LogP contribution in [0.15, 0.2) is 12.3 Å². The van der Waals surface area contributed by atoms with E-state index in [9.17, 15) is 4.79 Å². The highest BCUT2D eigenvalue weighted by Gasteiger charge is 2.23. The summed E-state index contributed by atoms with van der Waals surface area (Å²) >= 11 is 0. The molecule has 20 heavy (non-hydrogen) atoms. The van der Waals surface area contributed by atoms with Crippen LogP contribution in [0.1, 0.15) is 45.4 Å². The molecule has 112 valence electrons. The highest BCUT2D eigenvalue weighted by atomic mass is 16.1. The van der Waals surface area contributed by atoms with E-state index in [4.69, 9.17) is 0 Å². The van der Waals surface area contributed by atoms with Crippen LogP contribution in [0.3, 0.4) is 0 Å². The molecule has 0 spiro atoms. The van der Waals surface area contributed by atoms with Crippen LogP contribution in [-0.4, -0.2) is 35.9 Å². The molecule has 4 heteroatoms. The molecule has 1 aromatic heterocycles.